The number of hydrogen-bond donors (Lipinski definition) is 0. The molecule has 0 radical (unpaired) electrons. The van der Waals surface area contributed by atoms with Crippen molar-refractivity contribution in [3.05, 3.63) is 88.5 Å². The summed E-state index contributed by atoms with van der Waals surface area (Å²) in [5.74, 6) is 1.24. The molecule has 0 N–H and O–H groups in total. The lowest BCUT2D eigenvalue weighted by Crippen LogP contribution is -2.01. The molecule has 2 aromatic carbocycles. The molecule has 1 atom stereocenters. The van der Waals surface area contributed by atoms with Gasteiger partial charge in [0.25, 0.3) is 0 Å². The second-order valence-electron chi connectivity index (χ2n) is 7.52. The standard InChI is InChI=1S/C25H26/c1-4-18-7-5-6-8-24(18)21-10-9-19(15-21)20-11-14-25-22(16-20)12-13-23(25)17(2)3/h5-8,10-17,23H,4,9H2,1-3H3. The third-order valence-electron chi connectivity index (χ3n) is 5.60. The summed E-state index contributed by atoms with van der Waals surface area (Å²) < 4.78 is 0. The summed E-state index contributed by atoms with van der Waals surface area (Å²) in [7, 11) is 0. The van der Waals surface area contributed by atoms with Crippen molar-refractivity contribution >= 4 is 17.2 Å². The minimum absolute atomic E-state index is 0.576. The summed E-state index contributed by atoms with van der Waals surface area (Å²) in [4.78, 5) is 0. The molecule has 0 heteroatoms. The van der Waals surface area contributed by atoms with E-state index in [1.807, 2.05) is 0 Å². The smallest absolute Gasteiger partial charge is 0.00502 e. The van der Waals surface area contributed by atoms with E-state index in [2.05, 4.69) is 87.5 Å². The molecule has 0 aromatic heterocycles. The summed E-state index contributed by atoms with van der Waals surface area (Å²) in [6, 6.07) is 15.8. The summed E-state index contributed by atoms with van der Waals surface area (Å²) in [6.07, 6.45) is 11.5. The predicted molar refractivity (Wildman–Crippen MR) is 109 cm³/mol. The molecular weight excluding hydrogens is 300 g/mol. The molecule has 126 valence electrons. The maximum absolute atomic E-state index is 2.38. The summed E-state index contributed by atoms with van der Waals surface area (Å²) in [5.41, 5.74) is 9.90. The molecule has 2 aliphatic carbocycles. The van der Waals surface area contributed by atoms with Crippen LogP contribution >= 0.6 is 0 Å². The first-order valence-electron chi connectivity index (χ1n) is 9.49. The van der Waals surface area contributed by atoms with Crippen molar-refractivity contribution in [1.82, 2.24) is 0 Å². The lowest BCUT2D eigenvalue weighted by atomic mass is 9.89. The molecule has 0 nitrogen and oxygen atoms in total. The monoisotopic (exact) mass is 326 g/mol. The lowest BCUT2D eigenvalue weighted by molar-refractivity contribution is 0.584. The van der Waals surface area contributed by atoms with Gasteiger partial charge in [-0.1, -0.05) is 81.5 Å². The Morgan fingerprint density at radius 3 is 2.72 bits per heavy atom. The van der Waals surface area contributed by atoms with Gasteiger partial charge in [0, 0.05) is 5.92 Å². The van der Waals surface area contributed by atoms with Gasteiger partial charge in [-0.05, 0) is 63.8 Å². The van der Waals surface area contributed by atoms with Gasteiger partial charge in [0.05, 0.1) is 0 Å². The molecule has 0 heterocycles. The average molecular weight is 326 g/mol. The quantitative estimate of drug-likeness (QED) is 0.574. The number of rotatable bonds is 4. The second kappa shape index (κ2) is 6.52. The zero-order valence-corrected chi connectivity index (χ0v) is 15.4. The van der Waals surface area contributed by atoms with E-state index < -0.39 is 0 Å². The van der Waals surface area contributed by atoms with E-state index in [9.17, 15) is 0 Å². The van der Waals surface area contributed by atoms with Crippen LogP contribution < -0.4 is 0 Å². The topological polar surface area (TPSA) is 0 Å². The Labute approximate surface area is 151 Å². The summed E-state index contributed by atoms with van der Waals surface area (Å²) >= 11 is 0. The van der Waals surface area contributed by atoms with E-state index >= 15 is 0 Å². The van der Waals surface area contributed by atoms with Crippen LogP contribution in [0.1, 0.15) is 60.9 Å². The first-order chi connectivity index (χ1) is 12.2. The van der Waals surface area contributed by atoms with Crippen molar-refractivity contribution in [1.29, 1.82) is 0 Å². The largest absolute Gasteiger partial charge is 0.0761 e. The van der Waals surface area contributed by atoms with Crippen molar-refractivity contribution in [3.63, 3.8) is 0 Å². The Hall–Kier alpha value is -2.34. The Kier molecular flexibility index (Phi) is 4.21. The van der Waals surface area contributed by atoms with Gasteiger partial charge in [0.2, 0.25) is 0 Å². The third-order valence-corrected chi connectivity index (χ3v) is 5.60. The molecule has 1 unspecified atom stereocenters. The number of hydrogen-bond acceptors (Lipinski definition) is 0. The van der Waals surface area contributed by atoms with Crippen LogP contribution in [0.15, 0.2) is 60.7 Å². The summed E-state index contributed by atoms with van der Waals surface area (Å²) in [5, 5.41) is 0. The molecule has 2 aliphatic rings. The van der Waals surface area contributed by atoms with Crippen molar-refractivity contribution in [2.75, 3.05) is 0 Å². The van der Waals surface area contributed by atoms with E-state index in [1.165, 1.54) is 39.0 Å². The van der Waals surface area contributed by atoms with Crippen LogP contribution in [0.4, 0.5) is 0 Å². The van der Waals surface area contributed by atoms with Crippen LogP contribution in [-0.2, 0) is 6.42 Å². The van der Waals surface area contributed by atoms with Crippen LogP contribution in [0.25, 0.3) is 17.2 Å². The van der Waals surface area contributed by atoms with Gasteiger partial charge in [-0.25, -0.2) is 0 Å². The number of allylic oxidation sites excluding steroid dienone is 5. The Morgan fingerprint density at radius 1 is 1.08 bits per heavy atom. The van der Waals surface area contributed by atoms with Crippen LogP contribution in [0.3, 0.4) is 0 Å². The fourth-order valence-corrected chi connectivity index (χ4v) is 4.14. The Balaban J connectivity index is 1.64. The Bertz CT molecular complexity index is 890. The first-order valence-corrected chi connectivity index (χ1v) is 9.49. The normalized spacial score (nSPS) is 18.5. The highest BCUT2D eigenvalue weighted by molar-refractivity contribution is 5.90. The molecule has 0 fully saturated rings. The molecule has 0 bridgehead atoms. The van der Waals surface area contributed by atoms with E-state index in [4.69, 9.17) is 0 Å². The van der Waals surface area contributed by atoms with Gasteiger partial charge in [-0.2, -0.15) is 0 Å². The van der Waals surface area contributed by atoms with E-state index in [0.717, 1.165) is 12.8 Å². The van der Waals surface area contributed by atoms with Crippen LogP contribution in [0, 0.1) is 5.92 Å². The third kappa shape index (κ3) is 2.91. The number of aryl methyl sites for hydroxylation is 1. The number of benzene rings is 2. The molecule has 0 spiro atoms. The van der Waals surface area contributed by atoms with Gasteiger partial charge in [0.15, 0.2) is 0 Å². The zero-order valence-electron chi connectivity index (χ0n) is 15.4. The van der Waals surface area contributed by atoms with Crippen LogP contribution in [0.5, 0.6) is 0 Å². The fourth-order valence-electron chi connectivity index (χ4n) is 4.14. The summed E-state index contributed by atoms with van der Waals surface area (Å²) in [6.45, 7) is 6.84. The van der Waals surface area contributed by atoms with Crippen molar-refractivity contribution in [2.45, 2.75) is 39.5 Å². The van der Waals surface area contributed by atoms with Crippen molar-refractivity contribution < 1.29 is 0 Å². The molecule has 0 saturated carbocycles. The highest BCUT2D eigenvalue weighted by atomic mass is 14.3. The van der Waals surface area contributed by atoms with E-state index in [1.54, 1.807) is 0 Å². The van der Waals surface area contributed by atoms with Crippen LogP contribution in [-0.4, -0.2) is 0 Å². The molecule has 25 heavy (non-hydrogen) atoms. The molecule has 0 saturated heterocycles. The average Bonchev–Trinajstić information content (AvgIpc) is 3.28. The van der Waals surface area contributed by atoms with Gasteiger partial charge >= 0.3 is 0 Å². The number of fused-ring (bicyclic) bond motifs is 1. The Morgan fingerprint density at radius 2 is 1.92 bits per heavy atom. The predicted octanol–water partition coefficient (Wildman–Crippen LogP) is 6.89. The maximum atomic E-state index is 2.38. The molecule has 0 amide bonds. The first kappa shape index (κ1) is 16.1. The highest BCUT2D eigenvalue weighted by Gasteiger charge is 2.21. The molecule has 0 aliphatic heterocycles. The van der Waals surface area contributed by atoms with E-state index in [-0.39, 0.29) is 0 Å². The minimum atomic E-state index is 0.576. The maximum Gasteiger partial charge on any atom is 0.00502 e. The van der Waals surface area contributed by atoms with Gasteiger partial charge in [-0.3, -0.25) is 0 Å². The van der Waals surface area contributed by atoms with Gasteiger partial charge in [0.1, 0.15) is 0 Å². The zero-order chi connectivity index (χ0) is 17.4. The van der Waals surface area contributed by atoms with Gasteiger partial charge in [-0.15, -0.1) is 0 Å². The van der Waals surface area contributed by atoms with Crippen molar-refractivity contribution in [3.8, 4) is 0 Å². The SMILES string of the molecule is CCc1ccccc1C1=CCC(c2ccc3c(c2)C=CC3C(C)C)=C1. The molecule has 4 rings (SSSR count). The second-order valence-corrected chi connectivity index (χ2v) is 7.52. The highest BCUT2D eigenvalue weighted by Crippen LogP contribution is 2.39. The van der Waals surface area contributed by atoms with Gasteiger partial charge < -0.3 is 0 Å². The molecule has 2 aromatic rings. The van der Waals surface area contributed by atoms with E-state index in [0.29, 0.717) is 11.8 Å². The fraction of sp³-hybridized carbons (Fsp3) is 0.280. The van der Waals surface area contributed by atoms with Crippen molar-refractivity contribution in [2.24, 2.45) is 5.92 Å². The van der Waals surface area contributed by atoms with Crippen LogP contribution in [0.2, 0.25) is 0 Å². The molecular formula is C25H26. The lowest BCUT2D eigenvalue weighted by Gasteiger charge is -2.15. The minimum Gasteiger partial charge on any atom is -0.0761 e.